The van der Waals surface area contributed by atoms with Crippen molar-refractivity contribution in [1.82, 2.24) is 0 Å². The molecule has 1 rings (SSSR count). The molecule has 0 aromatic rings. The average molecular weight is 350 g/mol. The Balaban J connectivity index is 1.73. The topological polar surface area (TPSA) is 55.4 Å². The lowest BCUT2D eigenvalue weighted by Gasteiger charge is -2.37. The van der Waals surface area contributed by atoms with Crippen LogP contribution in [0.15, 0.2) is 0 Å². The molecule has 1 fully saturated rings. The van der Waals surface area contributed by atoms with E-state index in [0.717, 1.165) is 50.4 Å². The number of quaternary nitrogens is 1. The number of methoxy groups -OCH3 is 1. The molecule has 0 saturated carbocycles. The van der Waals surface area contributed by atoms with Crippen LogP contribution in [-0.4, -0.2) is 111 Å². The molecule has 0 radical (unpaired) electrons. The maximum atomic E-state index is 5.61. The summed E-state index contributed by atoms with van der Waals surface area (Å²) < 4.78 is 33.2. The Morgan fingerprint density at radius 1 is 0.708 bits per heavy atom. The van der Waals surface area contributed by atoms with Gasteiger partial charge in [0.1, 0.15) is 13.1 Å². The molecule has 24 heavy (non-hydrogen) atoms. The molecule has 0 spiro atoms. The van der Waals surface area contributed by atoms with Crippen LogP contribution < -0.4 is 0 Å². The Morgan fingerprint density at radius 3 is 1.67 bits per heavy atom. The SMILES string of the molecule is COCCOCCOCCOCCOCCC[N+]1(C)CCOCC1. The highest BCUT2D eigenvalue weighted by molar-refractivity contribution is 4.47. The summed E-state index contributed by atoms with van der Waals surface area (Å²) >= 11 is 0. The van der Waals surface area contributed by atoms with Crippen LogP contribution in [0.1, 0.15) is 6.42 Å². The van der Waals surface area contributed by atoms with Crippen LogP contribution in [0.3, 0.4) is 0 Å². The van der Waals surface area contributed by atoms with E-state index in [1.807, 2.05) is 0 Å². The van der Waals surface area contributed by atoms with E-state index in [4.69, 9.17) is 28.4 Å². The number of hydrogen-bond acceptors (Lipinski definition) is 6. The van der Waals surface area contributed by atoms with Crippen molar-refractivity contribution in [1.29, 1.82) is 0 Å². The first-order chi connectivity index (χ1) is 11.8. The summed E-state index contributed by atoms with van der Waals surface area (Å²) in [5.41, 5.74) is 0. The van der Waals surface area contributed by atoms with Crippen molar-refractivity contribution in [3.05, 3.63) is 0 Å². The van der Waals surface area contributed by atoms with Gasteiger partial charge in [0.05, 0.1) is 86.3 Å². The Labute approximate surface area is 146 Å². The largest absolute Gasteiger partial charge is 0.382 e. The van der Waals surface area contributed by atoms with E-state index >= 15 is 0 Å². The molecule has 0 aromatic heterocycles. The second-order valence-corrected chi connectivity index (χ2v) is 6.20. The number of nitrogens with zero attached hydrogens (tertiary/aromatic N) is 1. The molecule has 0 N–H and O–H groups in total. The van der Waals surface area contributed by atoms with Crippen LogP contribution >= 0.6 is 0 Å². The molecule has 1 heterocycles. The third-order valence-corrected chi connectivity index (χ3v) is 4.09. The zero-order valence-corrected chi connectivity index (χ0v) is 15.5. The molecular formula is C17H36NO6+. The number of rotatable bonds is 16. The maximum Gasteiger partial charge on any atom is 0.102 e. The second-order valence-electron chi connectivity index (χ2n) is 6.20. The van der Waals surface area contributed by atoms with Gasteiger partial charge in [-0.15, -0.1) is 0 Å². The van der Waals surface area contributed by atoms with Crippen molar-refractivity contribution in [2.24, 2.45) is 0 Å². The highest BCUT2D eigenvalue weighted by Crippen LogP contribution is 2.08. The van der Waals surface area contributed by atoms with Gasteiger partial charge in [0.2, 0.25) is 0 Å². The van der Waals surface area contributed by atoms with Gasteiger partial charge in [-0.2, -0.15) is 0 Å². The normalized spacial score (nSPS) is 17.2. The summed E-state index contributed by atoms with van der Waals surface area (Å²) in [7, 11) is 3.96. The van der Waals surface area contributed by atoms with E-state index in [2.05, 4.69) is 7.05 Å². The summed E-state index contributed by atoms with van der Waals surface area (Å²) in [6, 6.07) is 0. The van der Waals surface area contributed by atoms with Crippen LogP contribution in [0.5, 0.6) is 0 Å². The Kier molecular flexibility index (Phi) is 13.6. The van der Waals surface area contributed by atoms with Gasteiger partial charge in [0, 0.05) is 13.5 Å². The maximum absolute atomic E-state index is 5.61. The van der Waals surface area contributed by atoms with Crippen molar-refractivity contribution >= 4 is 0 Å². The first-order valence-corrected chi connectivity index (χ1v) is 8.98. The van der Waals surface area contributed by atoms with E-state index in [1.165, 1.54) is 0 Å². The standard InChI is InChI=1S/C17H36NO6/c1-18(5-8-21-9-6-18)4-3-7-20-12-13-23-16-17-24-15-14-22-11-10-19-2/h3-17H2,1-2H3/q+1. The minimum Gasteiger partial charge on any atom is -0.382 e. The fourth-order valence-electron chi connectivity index (χ4n) is 2.46. The van der Waals surface area contributed by atoms with E-state index in [0.29, 0.717) is 52.9 Å². The molecule has 7 heteroatoms. The highest BCUT2D eigenvalue weighted by atomic mass is 16.6. The van der Waals surface area contributed by atoms with Gasteiger partial charge in [-0.25, -0.2) is 0 Å². The summed E-state index contributed by atoms with van der Waals surface area (Å²) in [4.78, 5) is 0. The van der Waals surface area contributed by atoms with Crippen LogP contribution in [0.2, 0.25) is 0 Å². The lowest BCUT2D eigenvalue weighted by Crippen LogP contribution is -2.52. The van der Waals surface area contributed by atoms with E-state index in [9.17, 15) is 0 Å². The zero-order chi connectivity index (χ0) is 17.3. The first-order valence-electron chi connectivity index (χ1n) is 8.98. The molecule has 1 aliphatic heterocycles. The molecule has 1 saturated heterocycles. The monoisotopic (exact) mass is 350 g/mol. The number of hydrogen-bond donors (Lipinski definition) is 0. The smallest absolute Gasteiger partial charge is 0.102 e. The van der Waals surface area contributed by atoms with Crippen molar-refractivity contribution in [2.75, 3.05) is 106 Å². The van der Waals surface area contributed by atoms with Gasteiger partial charge < -0.3 is 32.9 Å². The molecule has 1 aliphatic rings. The van der Waals surface area contributed by atoms with Gasteiger partial charge in [-0.3, -0.25) is 0 Å². The van der Waals surface area contributed by atoms with E-state index in [1.54, 1.807) is 7.11 Å². The first kappa shape index (κ1) is 21.8. The molecule has 144 valence electrons. The lowest BCUT2D eigenvalue weighted by molar-refractivity contribution is -0.917. The number of morpholine rings is 1. The summed E-state index contributed by atoms with van der Waals surface area (Å²) in [5.74, 6) is 0. The average Bonchev–Trinajstić information content (AvgIpc) is 2.59. The molecule has 7 nitrogen and oxygen atoms in total. The molecule has 0 unspecified atom stereocenters. The fraction of sp³-hybridized carbons (Fsp3) is 1.00. The van der Waals surface area contributed by atoms with E-state index < -0.39 is 0 Å². The van der Waals surface area contributed by atoms with Gasteiger partial charge >= 0.3 is 0 Å². The molecule has 0 atom stereocenters. The van der Waals surface area contributed by atoms with Gasteiger partial charge in [-0.1, -0.05) is 0 Å². The minimum atomic E-state index is 0.589. The van der Waals surface area contributed by atoms with Crippen molar-refractivity contribution in [3.8, 4) is 0 Å². The van der Waals surface area contributed by atoms with Crippen molar-refractivity contribution < 1.29 is 32.9 Å². The molecule has 0 aliphatic carbocycles. The number of likely N-dealkylation sites (N-methyl/N-ethyl adjacent to an activating group) is 1. The Hall–Kier alpha value is -0.280. The molecular weight excluding hydrogens is 314 g/mol. The van der Waals surface area contributed by atoms with Crippen molar-refractivity contribution in [3.63, 3.8) is 0 Å². The number of ether oxygens (including phenoxy) is 6. The van der Waals surface area contributed by atoms with Gasteiger partial charge in [-0.05, 0) is 0 Å². The van der Waals surface area contributed by atoms with Crippen LogP contribution in [0.25, 0.3) is 0 Å². The Morgan fingerprint density at radius 2 is 1.17 bits per heavy atom. The van der Waals surface area contributed by atoms with Gasteiger partial charge in [0.15, 0.2) is 0 Å². The van der Waals surface area contributed by atoms with Gasteiger partial charge in [0.25, 0.3) is 0 Å². The molecule has 0 amide bonds. The summed E-state index contributed by atoms with van der Waals surface area (Å²) in [5, 5.41) is 0. The third kappa shape index (κ3) is 12.1. The van der Waals surface area contributed by atoms with Crippen LogP contribution in [0, 0.1) is 0 Å². The molecule has 0 aromatic carbocycles. The Bertz CT molecular complexity index is 274. The minimum absolute atomic E-state index is 0.589. The fourth-order valence-corrected chi connectivity index (χ4v) is 2.46. The predicted molar refractivity (Wildman–Crippen MR) is 91.4 cm³/mol. The quantitative estimate of drug-likeness (QED) is 0.300. The lowest BCUT2D eigenvalue weighted by atomic mass is 10.3. The van der Waals surface area contributed by atoms with Crippen molar-refractivity contribution in [2.45, 2.75) is 6.42 Å². The summed E-state index contributed by atoms with van der Waals surface area (Å²) in [6.07, 6.45) is 1.09. The predicted octanol–water partition coefficient (Wildman–Crippen LogP) is 0.566. The summed E-state index contributed by atoms with van der Waals surface area (Å²) in [6.45, 7) is 10.8. The highest BCUT2D eigenvalue weighted by Gasteiger charge is 2.24. The van der Waals surface area contributed by atoms with Crippen LogP contribution in [0.4, 0.5) is 0 Å². The van der Waals surface area contributed by atoms with E-state index in [-0.39, 0.29) is 0 Å². The third-order valence-electron chi connectivity index (χ3n) is 4.09. The zero-order valence-electron chi connectivity index (χ0n) is 15.5. The second kappa shape index (κ2) is 15.0. The van der Waals surface area contributed by atoms with Crippen LogP contribution in [-0.2, 0) is 28.4 Å². The molecule has 0 bridgehead atoms.